The number of aliphatic hydroxyl groups is 5. The fourth-order valence-electron chi connectivity index (χ4n) is 8.07. The highest BCUT2D eigenvalue weighted by Crippen LogP contribution is 2.23. The molecular weight excluding hydrogens is 767 g/mol. The number of amides is 1. The molecule has 9 nitrogen and oxygen atoms in total. The molecule has 1 fully saturated rings. The molecule has 0 spiro atoms. The largest absolute Gasteiger partial charge is 0.394 e. The van der Waals surface area contributed by atoms with Gasteiger partial charge in [0.15, 0.2) is 6.29 Å². The summed E-state index contributed by atoms with van der Waals surface area (Å²) in [4.78, 5) is 13.0. The van der Waals surface area contributed by atoms with Crippen molar-refractivity contribution in [2.75, 3.05) is 13.2 Å². The van der Waals surface area contributed by atoms with Crippen LogP contribution < -0.4 is 5.32 Å². The Kier molecular flexibility index (Phi) is 39.9. The zero-order valence-corrected chi connectivity index (χ0v) is 39.4. The molecule has 1 rings (SSSR count). The summed E-state index contributed by atoms with van der Waals surface area (Å²) in [5, 5.41) is 54.3. The number of hydrogen-bond acceptors (Lipinski definition) is 8. The summed E-state index contributed by atoms with van der Waals surface area (Å²) in [6, 6.07) is -0.808. The molecule has 0 aromatic heterocycles. The van der Waals surface area contributed by atoms with E-state index in [4.69, 9.17) is 9.47 Å². The molecule has 0 radical (unpaired) electrons. The molecule has 0 saturated carbocycles. The zero-order chi connectivity index (χ0) is 44.4. The quantitative estimate of drug-likeness (QED) is 0.0262. The van der Waals surface area contributed by atoms with Crippen LogP contribution in [0.5, 0.6) is 0 Å². The molecular formula is C52H97NO8. The highest BCUT2D eigenvalue weighted by Gasteiger charge is 2.44. The summed E-state index contributed by atoms with van der Waals surface area (Å²) in [5.74, 6) is -0.184. The summed E-state index contributed by atoms with van der Waals surface area (Å²) in [6.45, 7) is 3.78. The van der Waals surface area contributed by atoms with Crippen molar-refractivity contribution in [2.45, 2.75) is 275 Å². The van der Waals surface area contributed by atoms with E-state index < -0.39 is 49.5 Å². The summed E-state index contributed by atoms with van der Waals surface area (Å²) in [7, 11) is 0. The molecule has 6 N–H and O–H groups in total. The van der Waals surface area contributed by atoms with Crippen LogP contribution in [0.3, 0.4) is 0 Å². The van der Waals surface area contributed by atoms with Gasteiger partial charge in [-0.15, -0.1) is 0 Å². The standard InChI is InChI=1S/C52H97NO8/c1-3-5-7-9-11-13-15-17-19-20-21-22-23-24-25-26-28-30-32-34-36-38-40-42-48(56)53-45(44-60-52-51(59)50(58)49(57)47(43-54)61-52)46(55)41-39-37-35-33-31-29-27-18-16-14-12-10-8-6-4-2/h21-22,24-25,39,41,45-47,49-52,54-55,57-59H,3-20,23,26-38,40,42-44H2,1-2H3,(H,53,56)/b22-21-,25-24-,41-39+. The third-order valence-electron chi connectivity index (χ3n) is 12.2. The Labute approximate surface area is 374 Å². The smallest absolute Gasteiger partial charge is 0.220 e. The third kappa shape index (κ3) is 32.7. The van der Waals surface area contributed by atoms with Crippen molar-refractivity contribution in [3.05, 3.63) is 36.5 Å². The van der Waals surface area contributed by atoms with Gasteiger partial charge in [-0.25, -0.2) is 0 Å². The summed E-state index contributed by atoms with van der Waals surface area (Å²) >= 11 is 0. The van der Waals surface area contributed by atoms with E-state index in [1.54, 1.807) is 6.08 Å². The van der Waals surface area contributed by atoms with Gasteiger partial charge < -0.3 is 40.3 Å². The van der Waals surface area contributed by atoms with Crippen LogP contribution in [0.2, 0.25) is 0 Å². The molecule has 358 valence electrons. The monoisotopic (exact) mass is 864 g/mol. The number of carbonyl (C=O) groups excluding carboxylic acids is 1. The van der Waals surface area contributed by atoms with Crippen LogP contribution in [0.4, 0.5) is 0 Å². The maximum absolute atomic E-state index is 13.0. The van der Waals surface area contributed by atoms with Crippen molar-refractivity contribution in [2.24, 2.45) is 0 Å². The second-order valence-corrected chi connectivity index (χ2v) is 18.0. The Morgan fingerprint density at radius 1 is 0.557 bits per heavy atom. The Morgan fingerprint density at radius 2 is 0.967 bits per heavy atom. The van der Waals surface area contributed by atoms with Gasteiger partial charge >= 0.3 is 0 Å². The summed E-state index contributed by atoms with van der Waals surface area (Å²) < 4.78 is 11.2. The Hall–Kier alpha value is -1.59. The molecule has 7 atom stereocenters. The van der Waals surface area contributed by atoms with Gasteiger partial charge in [0.05, 0.1) is 25.4 Å². The summed E-state index contributed by atoms with van der Waals surface area (Å²) in [5.41, 5.74) is 0. The van der Waals surface area contributed by atoms with Crippen molar-refractivity contribution >= 4 is 5.91 Å². The number of rotatable bonds is 43. The number of carbonyl (C=O) groups is 1. The highest BCUT2D eigenvalue weighted by atomic mass is 16.7. The minimum atomic E-state index is -1.57. The molecule has 1 amide bonds. The first-order valence-corrected chi connectivity index (χ1v) is 25.7. The Balaban J connectivity index is 2.29. The zero-order valence-electron chi connectivity index (χ0n) is 39.4. The van der Waals surface area contributed by atoms with E-state index >= 15 is 0 Å². The normalized spacial score (nSPS) is 20.7. The average Bonchev–Trinajstić information content (AvgIpc) is 3.26. The van der Waals surface area contributed by atoms with E-state index in [1.807, 2.05) is 6.08 Å². The molecule has 61 heavy (non-hydrogen) atoms. The van der Waals surface area contributed by atoms with Gasteiger partial charge in [-0.2, -0.15) is 0 Å². The number of ether oxygens (including phenoxy) is 2. The first-order valence-electron chi connectivity index (χ1n) is 25.7. The van der Waals surface area contributed by atoms with Crippen LogP contribution in [0.1, 0.15) is 232 Å². The van der Waals surface area contributed by atoms with Gasteiger partial charge in [-0.3, -0.25) is 4.79 Å². The predicted molar refractivity (Wildman–Crippen MR) is 253 cm³/mol. The van der Waals surface area contributed by atoms with Gasteiger partial charge in [0.1, 0.15) is 24.4 Å². The molecule has 1 aliphatic heterocycles. The Bertz CT molecular complexity index is 1050. The molecule has 1 saturated heterocycles. The van der Waals surface area contributed by atoms with Crippen LogP contribution in [-0.2, 0) is 14.3 Å². The topological polar surface area (TPSA) is 149 Å². The number of hydrogen-bond donors (Lipinski definition) is 6. The maximum atomic E-state index is 13.0. The molecule has 0 aliphatic carbocycles. The fourth-order valence-corrected chi connectivity index (χ4v) is 8.07. The average molecular weight is 864 g/mol. The highest BCUT2D eigenvalue weighted by molar-refractivity contribution is 5.76. The number of nitrogens with one attached hydrogen (secondary N) is 1. The van der Waals surface area contributed by atoms with Gasteiger partial charge in [-0.1, -0.05) is 211 Å². The van der Waals surface area contributed by atoms with Crippen molar-refractivity contribution in [3.63, 3.8) is 0 Å². The first kappa shape index (κ1) is 57.4. The number of aliphatic hydroxyl groups excluding tert-OH is 5. The molecule has 0 aromatic carbocycles. The minimum absolute atomic E-state index is 0.184. The van der Waals surface area contributed by atoms with E-state index in [2.05, 4.69) is 43.5 Å². The molecule has 0 bridgehead atoms. The second kappa shape index (κ2) is 42.4. The van der Waals surface area contributed by atoms with Crippen molar-refractivity contribution < 1.29 is 39.8 Å². The van der Waals surface area contributed by atoms with E-state index in [9.17, 15) is 30.3 Å². The first-order chi connectivity index (χ1) is 29.8. The van der Waals surface area contributed by atoms with Gasteiger partial charge in [-0.05, 0) is 51.4 Å². The predicted octanol–water partition coefficient (Wildman–Crippen LogP) is 11.6. The van der Waals surface area contributed by atoms with Crippen molar-refractivity contribution in [3.8, 4) is 0 Å². The lowest BCUT2D eigenvalue weighted by Gasteiger charge is -2.40. The van der Waals surface area contributed by atoms with Crippen LogP contribution in [-0.4, -0.2) is 87.5 Å². The molecule has 7 unspecified atom stereocenters. The third-order valence-corrected chi connectivity index (χ3v) is 12.2. The molecule has 9 heteroatoms. The Morgan fingerprint density at radius 3 is 1.41 bits per heavy atom. The number of unbranched alkanes of at least 4 members (excludes halogenated alkanes) is 29. The summed E-state index contributed by atoms with van der Waals surface area (Å²) in [6.07, 6.45) is 46.2. The lowest BCUT2D eigenvalue weighted by molar-refractivity contribution is -0.302. The van der Waals surface area contributed by atoms with Crippen LogP contribution in [0, 0.1) is 0 Å². The second-order valence-electron chi connectivity index (χ2n) is 18.0. The van der Waals surface area contributed by atoms with Crippen LogP contribution in [0.25, 0.3) is 0 Å². The van der Waals surface area contributed by atoms with Crippen molar-refractivity contribution in [1.82, 2.24) is 5.32 Å². The van der Waals surface area contributed by atoms with E-state index in [-0.39, 0.29) is 12.5 Å². The minimum Gasteiger partial charge on any atom is -0.394 e. The maximum Gasteiger partial charge on any atom is 0.220 e. The van der Waals surface area contributed by atoms with Crippen LogP contribution >= 0.6 is 0 Å². The van der Waals surface area contributed by atoms with Gasteiger partial charge in [0, 0.05) is 6.42 Å². The molecule has 0 aromatic rings. The van der Waals surface area contributed by atoms with Gasteiger partial charge in [0.2, 0.25) is 5.91 Å². The molecule has 1 heterocycles. The molecule has 1 aliphatic rings. The fraction of sp³-hybridized carbons (Fsp3) is 0.865. The van der Waals surface area contributed by atoms with Crippen LogP contribution in [0.15, 0.2) is 36.5 Å². The van der Waals surface area contributed by atoms with Crippen molar-refractivity contribution in [1.29, 1.82) is 0 Å². The van der Waals surface area contributed by atoms with E-state index in [0.717, 1.165) is 57.8 Å². The number of allylic oxidation sites excluding steroid dienone is 5. The van der Waals surface area contributed by atoms with E-state index in [0.29, 0.717) is 6.42 Å². The van der Waals surface area contributed by atoms with E-state index in [1.165, 1.54) is 154 Å². The van der Waals surface area contributed by atoms with Gasteiger partial charge in [0.25, 0.3) is 0 Å². The lowest BCUT2D eigenvalue weighted by atomic mass is 9.99. The SMILES string of the molecule is CCCCCCCCCCC/C=C\C/C=C\CCCCCCCCCC(=O)NC(COC1OC(CO)C(O)C(O)C1O)C(O)/C=C/CCCCCCCCCCCCCCC. The lowest BCUT2D eigenvalue weighted by Crippen LogP contribution is -2.60.